The van der Waals surface area contributed by atoms with Gasteiger partial charge in [0.15, 0.2) is 0 Å². The van der Waals surface area contributed by atoms with E-state index in [2.05, 4.69) is 10.3 Å². The van der Waals surface area contributed by atoms with Crippen LogP contribution in [0.2, 0.25) is 0 Å². The lowest BCUT2D eigenvalue weighted by molar-refractivity contribution is 0.0587. The first-order valence-electron chi connectivity index (χ1n) is 15.7. The van der Waals surface area contributed by atoms with Crippen molar-refractivity contribution in [1.29, 1.82) is 0 Å². The number of amides is 2. The van der Waals surface area contributed by atoms with Crippen LogP contribution in [0.4, 0.5) is 9.59 Å². The van der Waals surface area contributed by atoms with Crippen molar-refractivity contribution in [3.8, 4) is 5.75 Å². The summed E-state index contributed by atoms with van der Waals surface area (Å²) >= 11 is 0. The predicted octanol–water partition coefficient (Wildman–Crippen LogP) is 5.26. The summed E-state index contributed by atoms with van der Waals surface area (Å²) in [6, 6.07) is 8.63. The number of aromatic nitrogens is 3. The molecular weight excluding hydrogens is 572 g/mol. The van der Waals surface area contributed by atoms with Crippen molar-refractivity contribution in [2.75, 3.05) is 19.6 Å². The fraction of sp³-hybridized carbons (Fsp3) is 0.471. The van der Waals surface area contributed by atoms with Crippen LogP contribution in [-0.4, -0.2) is 67.6 Å². The largest absolute Gasteiger partial charge is 0.508 e. The molecule has 1 aromatic carbocycles. The molecule has 3 aliphatic rings. The Kier molecular flexibility index (Phi) is 8.30. The van der Waals surface area contributed by atoms with Crippen LogP contribution in [0.3, 0.4) is 0 Å². The van der Waals surface area contributed by atoms with Gasteiger partial charge in [0.2, 0.25) is 0 Å². The average molecular weight is 615 g/mol. The number of carbonyl (C=O) groups is 2. The molecule has 0 saturated heterocycles. The van der Waals surface area contributed by atoms with Gasteiger partial charge >= 0.3 is 12.2 Å². The van der Waals surface area contributed by atoms with Crippen LogP contribution in [-0.2, 0) is 16.5 Å². The minimum Gasteiger partial charge on any atom is -0.508 e. The highest BCUT2D eigenvalue weighted by Gasteiger charge is 2.43. The van der Waals surface area contributed by atoms with Crippen LogP contribution in [0.15, 0.2) is 49.1 Å². The van der Waals surface area contributed by atoms with Gasteiger partial charge in [0.05, 0.1) is 30.0 Å². The summed E-state index contributed by atoms with van der Waals surface area (Å²) in [6.45, 7) is 5.13. The first-order chi connectivity index (χ1) is 21.6. The molecule has 0 aliphatic heterocycles. The Labute approximate surface area is 263 Å². The monoisotopic (exact) mass is 614 g/mol. The molecule has 2 fully saturated rings. The topological polar surface area (TPSA) is 145 Å². The van der Waals surface area contributed by atoms with Gasteiger partial charge in [0, 0.05) is 38.8 Å². The molecule has 2 aromatic heterocycles. The molecule has 238 valence electrons. The standard InChI is InChI=1S/C34H42N6O5/c1-33(10-11-33)44-31(42)38-30(28-20-36-21-39(28)3)27-18-22-6-4-15-37-29(22)25(24-9-8-23(41)19-26(24)27)7-5-16-40(17-14-35)32(43)45-34(2)12-13-34/h4,6,8-9,15,18-21,25,30,41H,5,7,10-14,16-17,35H2,1-3H3,(H,38,42)/t25-,30?/m0/s1. The maximum absolute atomic E-state index is 13.2. The molecule has 2 amide bonds. The van der Waals surface area contributed by atoms with E-state index in [0.717, 1.165) is 59.3 Å². The third-order valence-electron chi connectivity index (χ3n) is 9.12. The van der Waals surface area contributed by atoms with E-state index in [9.17, 15) is 14.7 Å². The molecule has 3 aliphatic carbocycles. The number of phenolic OH excluding ortho intramolecular Hbond substituents is 1. The van der Waals surface area contributed by atoms with E-state index in [-0.39, 0.29) is 23.4 Å². The molecule has 45 heavy (non-hydrogen) atoms. The number of carbonyl (C=O) groups excluding carboxylic acids is 2. The molecular formula is C34H42N6O5. The molecule has 2 saturated carbocycles. The molecule has 0 bridgehead atoms. The third-order valence-corrected chi connectivity index (χ3v) is 9.12. The Hall–Kier alpha value is -4.38. The maximum atomic E-state index is 13.2. The van der Waals surface area contributed by atoms with Crippen molar-refractivity contribution < 1.29 is 24.2 Å². The molecule has 11 nitrogen and oxygen atoms in total. The molecule has 0 radical (unpaired) electrons. The molecule has 6 rings (SSSR count). The highest BCUT2D eigenvalue weighted by Crippen LogP contribution is 2.45. The number of alkyl carbamates (subject to hydrolysis) is 1. The van der Waals surface area contributed by atoms with E-state index >= 15 is 0 Å². The quantitative estimate of drug-likeness (QED) is 0.265. The zero-order valence-electron chi connectivity index (χ0n) is 26.2. The van der Waals surface area contributed by atoms with Crippen molar-refractivity contribution in [3.63, 3.8) is 0 Å². The summed E-state index contributed by atoms with van der Waals surface area (Å²) in [5.74, 6) is -0.0358. The van der Waals surface area contributed by atoms with Crippen molar-refractivity contribution >= 4 is 23.8 Å². The van der Waals surface area contributed by atoms with Gasteiger partial charge in [-0.1, -0.05) is 12.1 Å². The van der Waals surface area contributed by atoms with E-state index in [1.54, 1.807) is 35.8 Å². The molecule has 11 heteroatoms. The van der Waals surface area contributed by atoms with E-state index < -0.39 is 17.7 Å². The number of pyridine rings is 1. The molecule has 0 spiro atoms. The number of nitrogens with zero attached hydrogens (tertiary/aromatic N) is 4. The zero-order chi connectivity index (χ0) is 31.8. The predicted molar refractivity (Wildman–Crippen MR) is 169 cm³/mol. The van der Waals surface area contributed by atoms with Crippen molar-refractivity contribution in [2.45, 2.75) is 75.5 Å². The average Bonchev–Trinajstić information content (AvgIpc) is 3.89. The lowest BCUT2D eigenvalue weighted by Crippen LogP contribution is -2.38. The van der Waals surface area contributed by atoms with Crippen LogP contribution in [0.1, 0.15) is 92.4 Å². The number of ether oxygens (including phenoxy) is 2. The first kappa shape index (κ1) is 30.6. The molecule has 3 aromatic rings. The second kappa shape index (κ2) is 12.2. The lowest BCUT2D eigenvalue weighted by atomic mass is 9.85. The Morgan fingerprint density at radius 2 is 1.91 bits per heavy atom. The highest BCUT2D eigenvalue weighted by molar-refractivity contribution is 5.90. The first-order valence-corrected chi connectivity index (χ1v) is 15.7. The van der Waals surface area contributed by atoms with Crippen LogP contribution in [0.5, 0.6) is 5.75 Å². The summed E-state index contributed by atoms with van der Waals surface area (Å²) < 4.78 is 13.4. The fourth-order valence-electron chi connectivity index (χ4n) is 5.96. The number of imidazole rings is 1. The number of hydrogen-bond donors (Lipinski definition) is 3. The SMILES string of the molecule is Cn1cncc1C(NC(=O)OC1(C)CC1)C1=Cc2cccnc2[C@@H](CCCN(CCN)C(=O)OC2(C)CC2)c2ccc(O)cc21. The second-order valence-electron chi connectivity index (χ2n) is 13.0. The van der Waals surface area contributed by atoms with E-state index in [1.165, 1.54) is 0 Å². The van der Waals surface area contributed by atoms with Gasteiger partial charge in [-0.25, -0.2) is 14.6 Å². The van der Waals surface area contributed by atoms with Gasteiger partial charge in [0.1, 0.15) is 17.0 Å². The number of rotatable bonds is 11. The number of aromatic hydroxyl groups is 1. The lowest BCUT2D eigenvalue weighted by Gasteiger charge is -2.27. The summed E-state index contributed by atoms with van der Waals surface area (Å²) in [4.78, 5) is 37.0. The summed E-state index contributed by atoms with van der Waals surface area (Å²) in [5, 5.41) is 13.8. The summed E-state index contributed by atoms with van der Waals surface area (Å²) in [7, 11) is 1.88. The summed E-state index contributed by atoms with van der Waals surface area (Å²) in [6.07, 6.45) is 11.2. The molecule has 2 atom stereocenters. The van der Waals surface area contributed by atoms with Crippen molar-refractivity contribution in [3.05, 3.63) is 77.1 Å². The van der Waals surface area contributed by atoms with Crippen LogP contribution < -0.4 is 11.1 Å². The molecule has 2 heterocycles. The molecule has 1 unspecified atom stereocenters. The minimum atomic E-state index is -0.627. The Bertz CT molecular complexity index is 1610. The molecule has 4 N–H and O–H groups in total. The highest BCUT2D eigenvalue weighted by atomic mass is 16.6. The maximum Gasteiger partial charge on any atom is 0.410 e. The Balaban J connectivity index is 1.34. The van der Waals surface area contributed by atoms with Gasteiger partial charge < -0.3 is 35.1 Å². The van der Waals surface area contributed by atoms with Gasteiger partial charge in [-0.05, 0) is 98.9 Å². The number of nitrogens with two attached hydrogens (primary N) is 1. The van der Waals surface area contributed by atoms with Gasteiger partial charge in [0.25, 0.3) is 0 Å². The fourth-order valence-corrected chi connectivity index (χ4v) is 5.96. The van der Waals surface area contributed by atoms with Crippen LogP contribution >= 0.6 is 0 Å². The van der Waals surface area contributed by atoms with Crippen LogP contribution in [0.25, 0.3) is 11.6 Å². The van der Waals surface area contributed by atoms with Gasteiger partial charge in [-0.15, -0.1) is 0 Å². The number of hydrogen-bond acceptors (Lipinski definition) is 8. The van der Waals surface area contributed by atoms with Gasteiger partial charge in [-0.3, -0.25) is 4.98 Å². The third kappa shape index (κ3) is 6.83. The Morgan fingerprint density at radius 3 is 2.60 bits per heavy atom. The van der Waals surface area contributed by atoms with E-state index in [1.807, 2.05) is 49.7 Å². The number of nitrogens with one attached hydrogen (secondary N) is 1. The van der Waals surface area contributed by atoms with E-state index in [0.29, 0.717) is 32.5 Å². The summed E-state index contributed by atoms with van der Waals surface area (Å²) in [5.41, 5.74) is 10.1. The van der Waals surface area contributed by atoms with Crippen molar-refractivity contribution in [2.24, 2.45) is 12.8 Å². The minimum absolute atomic E-state index is 0.111. The van der Waals surface area contributed by atoms with Crippen molar-refractivity contribution in [1.82, 2.24) is 24.8 Å². The van der Waals surface area contributed by atoms with Gasteiger partial charge in [-0.2, -0.15) is 0 Å². The second-order valence-corrected chi connectivity index (χ2v) is 13.0. The number of benzene rings is 1. The Morgan fingerprint density at radius 1 is 1.16 bits per heavy atom. The number of phenols is 1. The zero-order valence-corrected chi connectivity index (χ0v) is 26.2. The number of aryl methyl sites for hydroxylation is 1. The normalized spacial score (nSPS) is 19.2. The number of fused-ring (bicyclic) bond motifs is 2. The smallest absolute Gasteiger partial charge is 0.410 e. The van der Waals surface area contributed by atoms with E-state index in [4.69, 9.17) is 20.2 Å². The van der Waals surface area contributed by atoms with Crippen LogP contribution in [0, 0.1) is 0 Å².